The lowest BCUT2D eigenvalue weighted by molar-refractivity contribution is 0.0319. The molecule has 7 nitrogen and oxygen atoms in total. The Hall–Kier alpha value is -1.96. The van der Waals surface area contributed by atoms with Gasteiger partial charge in [0.25, 0.3) is 5.91 Å². The lowest BCUT2D eigenvalue weighted by Gasteiger charge is -2.29. The van der Waals surface area contributed by atoms with Crippen LogP contribution in [0.5, 0.6) is 0 Å². The van der Waals surface area contributed by atoms with Crippen molar-refractivity contribution < 1.29 is 9.53 Å². The normalized spacial score (nSPS) is 15.3. The first kappa shape index (κ1) is 17.8. The molecule has 2 aromatic heterocycles. The van der Waals surface area contributed by atoms with E-state index < -0.39 is 0 Å². The molecule has 1 aliphatic rings. The predicted octanol–water partition coefficient (Wildman–Crippen LogP) is 1.44. The lowest BCUT2D eigenvalue weighted by atomic mass is 10.2. The Labute approximate surface area is 152 Å². The zero-order chi connectivity index (χ0) is 17.6. The molecule has 0 aliphatic carbocycles. The summed E-state index contributed by atoms with van der Waals surface area (Å²) in [6.45, 7) is 4.97. The highest BCUT2D eigenvalue weighted by molar-refractivity contribution is 6.31. The quantitative estimate of drug-likeness (QED) is 0.777. The number of hydrogen-bond donors (Lipinski definition) is 0. The van der Waals surface area contributed by atoms with Crippen LogP contribution in [-0.4, -0.2) is 69.9 Å². The summed E-state index contributed by atoms with van der Waals surface area (Å²) in [5.74, 6) is -0.115. The van der Waals surface area contributed by atoms with Gasteiger partial charge in [-0.2, -0.15) is 5.10 Å². The minimum Gasteiger partial charge on any atom is -0.379 e. The molecule has 0 radical (unpaired) electrons. The van der Waals surface area contributed by atoms with Gasteiger partial charge in [-0.3, -0.25) is 19.4 Å². The van der Waals surface area contributed by atoms with Gasteiger partial charge in [0.05, 0.1) is 24.8 Å². The van der Waals surface area contributed by atoms with Crippen molar-refractivity contribution in [2.24, 2.45) is 7.05 Å². The van der Waals surface area contributed by atoms with Crippen molar-refractivity contribution in [2.45, 2.75) is 6.54 Å². The SMILES string of the molecule is Cn1cc(Cl)c(CN(CCN2CCOCC2)C(=O)c2ccccn2)n1. The second kappa shape index (κ2) is 8.42. The van der Waals surface area contributed by atoms with Crippen LogP contribution < -0.4 is 0 Å². The fourth-order valence-corrected chi connectivity index (χ4v) is 3.02. The standard InChI is InChI=1S/C17H22ClN5O2/c1-21-12-14(18)16(20-21)13-23(7-6-22-8-10-25-11-9-22)17(24)15-4-2-3-5-19-15/h2-5,12H,6-11,13H2,1H3. The van der Waals surface area contributed by atoms with E-state index in [0.717, 1.165) is 32.8 Å². The van der Waals surface area contributed by atoms with Crippen molar-refractivity contribution in [1.82, 2.24) is 24.6 Å². The highest BCUT2D eigenvalue weighted by Gasteiger charge is 2.21. The van der Waals surface area contributed by atoms with Gasteiger partial charge < -0.3 is 9.64 Å². The number of aryl methyl sites for hydroxylation is 1. The van der Waals surface area contributed by atoms with E-state index in [4.69, 9.17) is 16.3 Å². The van der Waals surface area contributed by atoms with Crippen LogP contribution in [0.15, 0.2) is 30.6 Å². The summed E-state index contributed by atoms with van der Waals surface area (Å²) in [5, 5.41) is 4.92. The average Bonchev–Trinajstić information content (AvgIpc) is 2.96. The number of pyridine rings is 1. The highest BCUT2D eigenvalue weighted by Crippen LogP contribution is 2.16. The molecule has 1 aliphatic heterocycles. The summed E-state index contributed by atoms with van der Waals surface area (Å²) >= 11 is 6.22. The number of nitrogens with zero attached hydrogens (tertiary/aromatic N) is 5. The highest BCUT2D eigenvalue weighted by atomic mass is 35.5. The Morgan fingerprint density at radius 3 is 2.80 bits per heavy atom. The maximum Gasteiger partial charge on any atom is 0.272 e. The molecule has 0 bridgehead atoms. The predicted molar refractivity (Wildman–Crippen MR) is 94.5 cm³/mol. The lowest BCUT2D eigenvalue weighted by Crippen LogP contribution is -2.43. The van der Waals surface area contributed by atoms with Crippen molar-refractivity contribution in [3.8, 4) is 0 Å². The van der Waals surface area contributed by atoms with E-state index in [1.807, 2.05) is 13.1 Å². The number of rotatable bonds is 6. The van der Waals surface area contributed by atoms with Gasteiger partial charge >= 0.3 is 0 Å². The van der Waals surface area contributed by atoms with Gasteiger partial charge in [-0.1, -0.05) is 17.7 Å². The first-order chi connectivity index (χ1) is 12.1. The molecule has 0 unspecified atom stereocenters. The Morgan fingerprint density at radius 1 is 1.36 bits per heavy atom. The molecule has 3 heterocycles. The number of hydrogen-bond acceptors (Lipinski definition) is 5. The topological polar surface area (TPSA) is 63.5 Å². The number of ether oxygens (including phenoxy) is 1. The molecule has 2 aromatic rings. The maximum absolute atomic E-state index is 12.9. The smallest absolute Gasteiger partial charge is 0.272 e. The molecule has 8 heteroatoms. The van der Waals surface area contributed by atoms with Crippen molar-refractivity contribution in [3.05, 3.63) is 47.0 Å². The third kappa shape index (κ3) is 4.78. The summed E-state index contributed by atoms with van der Waals surface area (Å²) in [7, 11) is 1.81. The zero-order valence-electron chi connectivity index (χ0n) is 14.3. The van der Waals surface area contributed by atoms with Crippen molar-refractivity contribution in [1.29, 1.82) is 0 Å². The number of halogens is 1. The summed E-state index contributed by atoms with van der Waals surface area (Å²) in [6.07, 6.45) is 3.36. The van der Waals surface area contributed by atoms with Crippen LogP contribution in [0.2, 0.25) is 5.02 Å². The van der Waals surface area contributed by atoms with Gasteiger partial charge in [-0.25, -0.2) is 0 Å². The van der Waals surface area contributed by atoms with Crippen LogP contribution in [-0.2, 0) is 18.3 Å². The van der Waals surface area contributed by atoms with Crippen molar-refractivity contribution in [2.75, 3.05) is 39.4 Å². The molecule has 3 rings (SSSR count). The Bertz CT molecular complexity index is 700. The second-order valence-corrected chi connectivity index (χ2v) is 6.40. The molecule has 1 amide bonds. The first-order valence-electron chi connectivity index (χ1n) is 8.32. The molecule has 25 heavy (non-hydrogen) atoms. The van der Waals surface area contributed by atoms with E-state index in [1.165, 1.54) is 0 Å². The Balaban J connectivity index is 1.72. The van der Waals surface area contributed by atoms with E-state index >= 15 is 0 Å². The summed E-state index contributed by atoms with van der Waals surface area (Å²) in [6, 6.07) is 5.34. The average molecular weight is 364 g/mol. The fraction of sp³-hybridized carbons (Fsp3) is 0.471. The number of carbonyl (C=O) groups is 1. The number of amides is 1. The number of aromatic nitrogens is 3. The van der Waals surface area contributed by atoms with Crippen molar-refractivity contribution in [3.63, 3.8) is 0 Å². The summed E-state index contributed by atoms with van der Waals surface area (Å²) in [4.78, 5) is 21.1. The molecule has 0 saturated carbocycles. The van der Waals surface area contributed by atoms with E-state index in [-0.39, 0.29) is 5.91 Å². The third-order valence-corrected chi connectivity index (χ3v) is 4.47. The van der Waals surface area contributed by atoms with Crippen LogP contribution >= 0.6 is 11.6 Å². The van der Waals surface area contributed by atoms with Gasteiger partial charge in [0.15, 0.2) is 0 Å². The fourth-order valence-electron chi connectivity index (χ4n) is 2.78. The van der Waals surface area contributed by atoms with Gasteiger partial charge in [0.1, 0.15) is 11.4 Å². The van der Waals surface area contributed by atoms with E-state index in [1.54, 1.807) is 34.1 Å². The molecule has 0 atom stereocenters. The van der Waals surface area contributed by atoms with Gasteiger partial charge in [-0.15, -0.1) is 0 Å². The largest absolute Gasteiger partial charge is 0.379 e. The molecule has 0 spiro atoms. The van der Waals surface area contributed by atoms with Crippen LogP contribution in [0.3, 0.4) is 0 Å². The minimum atomic E-state index is -0.115. The maximum atomic E-state index is 12.9. The second-order valence-electron chi connectivity index (χ2n) is 5.99. The summed E-state index contributed by atoms with van der Waals surface area (Å²) in [5.41, 5.74) is 1.12. The van der Waals surface area contributed by atoms with E-state index in [2.05, 4.69) is 15.0 Å². The molecule has 1 fully saturated rings. The Morgan fingerprint density at radius 2 is 2.16 bits per heavy atom. The molecule has 0 aromatic carbocycles. The van der Waals surface area contributed by atoms with Crippen LogP contribution in [0.1, 0.15) is 16.2 Å². The van der Waals surface area contributed by atoms with E-state index in [0.29, 0.717) is 29.5 Å². The third-order valence-electron chi connectivity index (χ3n) is 4.16. The molecular formula is C17H22ClN5O2. The monoisotopic (exact) mass is 363 g/mol. The molecule has 0 N–H and O–H groups in total. The number of carbonyl (C=O) groups excluding carboxylic acids is 1. The molecule has 1 saturated heterocycles. The van der Waals surface area contributed by atoms with Gasteiger partial charge in [0, 0.05) is 45.6 Å². The Kier molecular flexibility index (Phi) is 6.01. The van der Waals surface area contributed by atoms with Crippen LogP contribution in [0.25, 0.3) is 0 Å². The molecule has 134 valence electrons. The molecular weight excluding hydrogens is 342 g/mol. The minimum absolute atomic E-state index is 0.115. The number of morpholine rings is 1. The van der Waals surface area contributed by atoms with Crippen LogP contribution in [0, 0.1) is 0 Å². The first-order valence-corrected chi connectivity index (χ1v) is 8.69. The zero-order valence-corrected chi connectivity index (χ0v) is 15.0. The van der Waals surface area contributed by atoms with Crippen LogP contribution in [0.4, 0.5) is 0 Å². The van der Waals surface area contributed by atoms with Gasteiger partial charge in [-0.05, 0) is 12.1 Å². The summed E-state index contributed by atoms with van der Waals surface area (Å²) < 4.78 is 7.03. The van der Waals surface area contributed by atoms with Crippen molar-refractivity contribution >= 4 is 17.5 Å². The van der Waals surface area contributed by atoms with Gasteiger partial charge in [0.2, 0.25) is 0 Å². The van der Waals surface area contributed by atoms with E-state index in [9.17, 15) is 4.79 Å².